The Hall–Kier alpha value is 0.310. The van der Waals surface area contributed by atoms with Crippen molar-refractivity contribution < 1.29 is 0 Å². The summed E-state index contributed by atoms with van der Waals surface area (Å²) in [6, 6.07) is 0.758. The highest BCUT2D eigenvalue weighted by molar-refractivity contribution is 8.00. The molecule has 12 heavy (non-hydrogen) atoms. The van der Waals surface area contributed by atoms with Gasteiger partial charge in [-0.3, -0.25) is 4.90 Å². The molecule has 0 N–H and O–H groups in total. The first-order valence-electron chi connectivity index (χ1n) is 5.15. The van der Waals surface area contributed by atoms with Crippen molar-refractivity contribution in [3.05, 3.63) is 0 Å². The second-order valence-corrected chi connectivity index (χ2v) is 5.96. The fraction of sp³-hybridized carbons (Fsp3) is 1.00. The minimum Gasteiger partial charge on any atom is -0.299 e. The van der Waals surface area contributed by atoms with Crippen LogP contribution < -0.4 is 0 Å². The largest absolute Gasteiger partial charge is 0.299 e. The Kier molecular flexibility index (Phi) is 2.66. The van der Waals surface area contributed by atoms with Gasteiger partial charge in [0.15, 0.2) is 0 Å². The van der Waals surface area contributed by atoms with Gasteiger partial charge in [-0.15, -0.1) is 0 Å². The number of hydrogen-bond donors (Lipinski definition) is 0. The van der Waals surface area contributed by atoms with Crippen molar-refractivity contribution in [1.29, 1.82) is 0 Å². The first-order valence-corrected chi connectivity index (χ1v) is 6.09. The van der Waals surface area contributed by atoms with E-state index in [1.807, 2.05) is 0 Å². The Morgan fingerprint density at radius 3 is 2.25 bits per heavy atom. The van der Waals surface area contributed by atoms with Crippen LogP contribution >= 0.6 is 11.8 Å². The molecule has 0 spiro atoms. The lowest BCUT2D eigenvalue weighted by Gasteiger charge is -2.42. The van der Waals surface area contributed by atoms with E-state index in [4.69, 9.17) is 0 Å². The van der Waals surface area contributed by atoms with Crippen LogP contribution in [0.2, 0.25) is 0 Å². The van der Waals surface area contributed by atoms with E-state index in [0.29, 0.717) is 0 Å². The monoisotopic (exact) mass is 185 g/mol. The minimum absolute atomic E-state index is 0.758. The molecule has 0 saturated carbocycles. The van der Waals surface area contributed by atoms with Crippen molar-refractivity contribution in [2.75, 3.05) is 13.1 Å². The maximum atomic E-state index is 2.66. The Bertz CT molecular complexity index is 146. The molecule has 2 fully saturated rings. The maximum Gasteiger partial charge on any atom is 0.0178 e. The van der Waals surface area contributed by atoms with Gasteiger partial charge in [-0.25, -0.2) is 0 Å². The van der Waals surface area contributed by atoms with Crippen LogP contribution in [0, 0.1) is 0 Å². The van der Waals surface area contributed by atoms with E-state index in [0.717, 1.165) is 16.5 Å². The van der Waals surface area contributed by atoms with Crippen LogP contribution in [0.15, 0.2) is 0 Å². The lowest BCUT2D eigenvalue weighted by molar-refractivity contribution is 0.198. The zero-order valence-corrected chi connectivity index (χ0v) is 8.94. The molecule has 0 aromatic heterocycles. The molecule has 0 aromatic rings. The molecule has 2 aliphatic heterocycles. The van der Waals surface area contributed by atoms with Crippen molar-refractivity contribution in [3.8, 4) is 0 Å². The van der Waals surface area contributed by atoms with Crippen LogP contribution in [0.5, 0.6) is 0 Å². The predicted octanol–water partition coefficient (Wildman–Crippen LogP) is 2.36. The summed E-state index contributed by atoms with van der Waals surface area (Å²) >= 11 is 2.25. The second kappa shape index (κ2) is 3.59. The van der Waals surface area contributed by atoms with Gasteiger partial charge in [-0.2, -0.15) is 11.8 Å². The van der Waals surface area contributed by atoms with Crippen molar-refractivity contribution >= 4 is 11.8 Å². The van der Waals surface area contributed by atoms with Gasteiger partial charge in [0.05, 0.1) is 0 Å². The zero-order valence-electron chi connectivity index (χ0n) is 8.12. The summed E-state index contributed by atoms with van der Waals surface area (Å²) in [7, 11) is 0. The Morgan fingerprint density at radius 1 is 1.17 bits per heavy atom. The van der Waals surface area contributed by atoms with Gasteiger partial charge in [0, 0.05) is 29.6 Å². The number of likely N-dealkylation sites (tertiary alicyclic amines) is 1. The van der Waals surface area contributed by atoms with Gasteiger partial charge in [0.1, 0.15) is 0 Å². The Labute approximate surface area is 79.9 Å². The average Bonchev–Trinajstić information content (AvgIpc) is 2.03. The molecule has 2 rings (SSSR count). The summed E-state index contributed by atoms with van der Waals surface area (Å²) in [6.07, 6.45) is 4.41. The van der Waals surface area contributed by atoms with E-state index in [1.165, 1.54) is 32.4 Å². The second-order valence-electron chi connectivity index (χ2n) is 4.36. The zero-order chi connectivity index (χ0) is 8.55. The predicted molar refractivity (Wildman–Crippen MR) is 55.7 cm³/mol. The number of hydrogen-bond acceptors (Lipinski definition) is 2. The molecule has 2 bridgehead atoms. The van der Waals surface area contributed by atoms with Crippen LogP contribution in [0.3, 0.4) is 0 Å². The van der Waals surface area contributed by atoms with Gasteiger partial charge in [-0.05, 0) is 26.7 Å². The standard InChI is InChI=1S/C10H19NS/c1-8(2)11-6-9-4-3-5-10(7-11)12-9/h8-10H,3-7H2,1-2H3. The number of rotatable bonds is 1. The molecule has 70 valence electrons. The summed E-state index contributed by atoms with van der Waals surface area (Å²) in [4.78, 5) is 2.66. The number of thioether (sulfide) groups is 1. The van der Waals surface area contributed by atoms with E-state index < -0.39 is 0 Å². The Morgan fingerprint density at radius 2 is 1.75 bits per heavy atom. The van der Waals surface area contributed by atoms with Crippen molar-refractivity contribution in [2.24, 2.45) is 0 Å². The fourth-order valence-electron chi connectivity index (χ4n) is 2.27. The molecule has 2 saturated heterocycles. The van der Waals surface area contributed by atoms with Gasteiger partial charge < -0.3 is 0 Å². The van der Waals surface area contributed by atoms with Crippen LogP contribution in [0.4, 0.5) is 0 Å². The van der Waals surface area contributed by atoms with Gasteiger partial charge in [-0.1, -0.05) is 6.42 Å². The van der Waals surface area contributed by atoms with E-state index in [9.17, 15) is 0 Å². The smallest absolute Gasteiger partial charge is 0.0178 e. The summed E-state index contributed by atoms with van der Waals surface area (Å²) in [6.45, 7) is 7.34. The van der Waals surface area contributed by atoms with E-state index in [2.05, 4.69) is 30.5 Å². The first-order chi connectivity index (χ1) is 5.75. The number of nitrogens with zero attached hydrogens (tertiary/aromatic N) is 1. The van der Waals surface area contributed by atoms with Gasteiger partial charge in [0.2, 0.25) is 0 Å². The van der Waals surface area contributed by atoms with E-state index >= 15 is 0 Å². The molecule has 2 aliphatic rings. The lowest BCUT2D eigenvalue weighted by Crippen LogP contribution is -2.47. The highest BCUT2D eigenvalue weighted by Gasteiger charge is 2.31. The molecule has 2 heterocycles. The SMILES string of the molecule is CC(C)N1CC2CCCC(C1)S2. The molecule has 1 nitrogen and oxygen atoms in total. The molecule has 2 heteroatoms. The third-order valence-electron chi connectivity index (χ3n) is 3.04. The normalized spacial score (nSPS) is 37.2. The van der Waals surface area contributed by atoms with Crippen LogP contribution in [0.1, 0.15) is 33.1 Å². The maximum absolute atomic E-state index is 2.66. The molecule has 0 aromatic carbocycles. The van der Waals surface area contributed by atoms with Crippen LogP contribution in [-0.4, -0.2) is 34.5 Å². The van der Waals surface area contributed by atoms with Crippen molar-refractivity contribution in [3.63, 3.8) is 0 Å². The van der Waals surface area contributed by atoms with E-state index in [1.54, 1.807) is 0 Å². The van der Waals surface area contributed by atoms with E-state index in [-0.39, 0.29) is 0 Å². The average molecular weight is 185 g/mol. The fourth-order valence-corrected chi connectivity index (χ4v) is 3.97. The molecular weight excluding hydrogens is 166 g/mol. The number of fused-ring (bicyclic) bond motifs is 2. The highest BCUT2D eigenvalue weighted by atomic mass is 32.2. The van der Waals surface area contributed by atoms with Crippen molar-refractivity contribution in [2.45, 2.75) is 49.7 Å². The summed E-state index contributed by atoms with van der Waals surface area (Å²) in [5, 5.41) is 1.92. The molecule has 2 unspecified atom stereocenters. The van der Waals surface area contributed by atoms with Crippen LogP contribution in [-0.2, 0) is 0 Å². The topological polar surface area (TPSA) is 3.24 Å². The van der Waals surface area contributed by atoms with Crippen molar-refractivity contribution in [1.82, 2.24) is 4.90 Å². The van der Waals surface area contributed by atoms with Gasteiger partial charge >= 0.3 is 0 Å². The lowest BCUT2D eigenvalue weighted by atomic mass is 10.1. The third-order valence-corrected chi connectivity index (χ3v) is 4.58. The molecule has 0 radical (unpaired) electrons. The molecular formula is C10H19NS. The summed E-state index contributed by atoms with van der Waals surface area (Å²) in [5.41, 5.74) is 0. The first kappa shape index (κ1) is 8.89. The minimum atomic E-state index is 0.758. The van der Waals surface area contributed by atoms with Gasteiger partial charge in [0.25, 0.3) is 0 Å². The highest BCUT2D eigenvalue weighted by Crippen LogP contribution is 2.36. The summed E-state index contributed by atoms with van der Waals surface area (Å²) < 4.78 is 0. The third kappa shape index (κ3) is 1.80. The molecule has 0 aliphatic carbocycles. The quantitative estimate of drug-likeness (QED) is 0.617. The molecule has 0 amide bonds. The Balaban J connectivity index is 1.96. The summed E-state index contributed by atoms with van der Waals surface area (Å²) in [5.74, 6) is 0. The molecule has 2 atom stereocenters. The van der Waals surface area contributed by atoms with Crippen LogP contribution in [0.25, 0.3) is 0 Å².